The number of anilines is 2. The Kier molecular flexibility index (Phi) is 6.11. The Morgan fingerprint density at radius 3 is 2.61 bits per heavy atom. The summed E-state index contributed by atoms with van der Waals surface area (Å²) in [4.78, 5) is 16.9. The first-order valence-electron chi connectivity index (χ1n) is 8.28. The highest BCUT2D eigenvalue weighted by atomic mass is 35.5. The molecule has 0 bridgehead atoms. The molecule has 0 aliphatic carbocycles. The Bertz CT molecular complexity index is 1030. The van der Waals surface area contributed by atoms with Crippen molar-refractivity contribution in [2.24, 2.45) is 0 Å². The molecule has 0 radical (unpaired) electrons. The molecule has 0 spiro atoms. The Balaban J connectivity index is 1.82. The maximum Gasteiger partial charge on any atom is 0.255 e. The SMILES string of the molecule is CC(NC(=O)c1cccnc1Nc1cccc(F)c1)c1cc(F)c(Cl)cc1Cl. The van der Waals surface area contributed by atoms with E-state index in [0.717, 1.165) is 0 Å². The average molecular weight is 422 g/mol. The van der Waals surface area contributed by atoms with Crippen molar-refractivity contribution in [2.45, 2.75) is 13.0 Å². The molecule has 0 aliphatic rings. The summed E-state index contributed by atoms with van der Waals surface area (Å²) in [7, 11) is 0. The second kappa shape index (κ2) is 8.54. The van der Waals surface area contributed by atoms with Gasteiger partial charge in [-0.15, -0.1) is 0 Å². The number of nitrogens with one attached hydrogen (secondary N) is 2. The molecular weight excluding hydrogens is 407 g/mol. The van der Waals surface area contributed by atoms with Gasteiger partial charge in [-0.25, -0.2) is 13.8 Å². The molecule has 8 heteroatoms. The first-order chi connectivity index (χ1) is 13.3. The van der Waals surface area contributed by atoms with Crippen molar-refractivity contribution < 1.29 is 13.6 Å². The molecule has 1 unspecified atom stereocenters. The van der Waals surface area contributed by atoms with E-state index >= 15 is 0 Å². The second-order valence-electron chi connectivity index (χ2n) is 6.02. The van der Waals surface area contributed by atoms with E-state index < -0.39 is 23.6 Å². The van der Waals surface area contributed by atoms with Crippen LogP contribution in [0.4, 0.5) is 20.3 Å². The lowest BCUT2D eigenvalue weighted by molar-refractivity contribution is 0.0940. The van der Waals surface area contributed by atoms with Gasteiger partial charge in [0, 0.05) is 16.9 Å². The van der Waals surface area contributed by atoms with Gasteiger partial charge in [0.25, 0.3) is 5.91 Å². The predicted molar refractivity (Wildman–Crippen MR) is 106 cm³/mol. The molecule has 0 saturated carbocycles. The van der Waals surface area contributed by atoms with Crippen LogP contribution < -0.4 is 10.6 Å². The second-order valence-corrected chi connectivity index (χ2v) is 6.83. The molecule has 0 aliphatic heterocycles. The van der Waals surface area contributed by atoms with Crippen molar-refractivity contribution in [2.75, 3.05) is 5.32 Å². The number of pyridine rings is 1. The third-order valence-electron chi connectivity index (χ3n) is 3.99. The van der Waals surface area contributed by atoms with Gasteiger partial charge in [-0.05, 0) is 55.0 Å². The molecule has 28 heavy (non-hydrogen) atoms. The number of carbonyl (C=O) groups excluding carboxylic acids is 1. The van der Waals surface area contributed by atoms with Gasteiger partial charge in [0.05, 0.1) is 16.6 Å². The summed E-state index contributed by atoms with van der Waals surface area (Å²) in [6, 6.07) is 10.9. The molecule has 2 aromatic carbocycles. The van der Waals surface area contributed by atoms with E-state index in [1.165, 1.54) is 30.5 Å². The van der Waals surface area contributed by atoms with Gasteiger partial charge in [0.2, 0.25) is 0 Å². The van der Waals surface area contributed by atoms with E-state index in [1.807, 2.05) is 0 Å². The van der Waals surface area contributed by atoms with Crippen LogP contribution >= 0.6 is 23.2 Å². The largest absolute Gasteiger partial charge is 0.345 e. The number of rotatable bonds is 5. The molecule has 3 aromatic rings. The maximum atomic E-state index is 13.8. The number of hydrogen-bond donors (Lipinski definition) is 2. The van der Waals surface area contributed by atoms with Gasteiger partial charge in [-0.3, -0.25) is 4.79 Å². The van der Waals surface area contributed by atoms with Gasteiger partial charge in [-0.2, -0.15) is 0 Å². The minimum atomic E-state index is -0.628. The number of hydrogen-bond acceptors (Lipinski definition) is 3. The van der Waals surface area contributed by atoms with Crippen LogP contribution in [0.25, 0.3) is 0 Å². The predicted octanol–water partition coefficient (Wildman–Crippen LogP) is 5.90. The number of carbonyl (C=O) groups is 1. The molecule has 3 rings (SSSR count). The Labute approximate surface area is 170 Å². The lowest BCUT2D eigenvalue weighted by Crippen LogP contribution is -2.27. The van der Waals surface area contributed by atoms with Crippen molar-refractivity contribution in [3.8, 4) is 0 Å². The molecule has 144 valence electrons. The van der Waals surface area contributed by atoms with Crippen LogP contribution in [0.1, 0.15) is 28.9 Å². The zero-order chi connectivity index (χ0) is 20.3. The van der Waals surface area contributed by atoms with Gasteiger partial charge in [0.1, 0.15) is 17.5 Å². The van der Waals surface area contributed by atoms with Crippen LogP contribution in [0.5, 0.6) is 0 Å². The molecule has 1 aromatic heterocycles. The third-order valence-corrected chi connectivity index (χ3v) is 4.61. The topological polar surface area (TPSA) is 54.0 Å². The van der Waals surface area contributed by atoms with Gasteiger partial charge >= 0.3 is 0 Å². The minimum Gasteiger partial charge on any atom is -0.345 e. The van der Waals surface area contributed by atoms with E-state index in [9.17, 15) is 13.6 Å². The highest BCUT2D eigenvalue weighted by Gasteiger charge is 2.19. The quantitative estimate of drug-likeness (QED) is 0.504. The smallest absolute Gasteiger partial charge is 0.255 e. The Hall–Kier alpha value is -2.70. The summed E-state index contributed by atoms with van der Waals surface area (Å²) in [5, 5.41) is 5.81. The van der Waals surface area contributed by atoms with Crippen LogP contribution in [0.3, 0.4) is 0 Å². The fourth-order valence-electron chi connectivity index (χ4n) is 2.61. The lowest BCUT2D eigenvalue weighted by atomic mass is 10.1. The van der Waals surface area contributed by atoms with Crippen molar-refractivity contribution in [3.05, 3.63) is 87.5 Å². The van der Waals surface area contributed by atoms with E-state index in [2.05, 4.69) is 15.6 Å². The molecule has 0 saturated heterocycles. The molecule has 1 heterocycles. The Morgan fingerprint density at radius 2 is 1.86 bits per heavy atom. The van der Waals surface area contributed by atoms with Gasteiger partial charge in [-0.1, -0.05) is 29.3 Å². The van der Waals surface area contributed by atoms with E-state index in [1.54, 1.807) is 31.2 Å². The summed E-state index contributed by atoms with van der Waals surface area (Å²) in [6.07, 6.45) is 1.51. The highest BCUT2D eigenvalue weighted by molar-refractivity contribution is 6.35. The van der Waals surface area contributed by atoms with Gasteiger partial charge < -0.3 is 10.6 Å². The zero-order valence-electron chi connectivity index (χ0n) is 14.6. The summed E-state index contributed by atoms with van der Waals surface area (Å²) >= 11 is 11.8. The zero-order valence-corrected chi connectivity index (χ0v) is 16.2. The number of aromatic nitrogens is 1. The number of amides is 1. The van der Waals surface area contributed by atoms with Crippen LogP contribution in [0.2, 0.25) is 10.0 Å². The molecule has 0 fully saturated rings. The van der Waals surface area contributed by atoms with Crippen LogP contribution in [-0.2, 0) is 0 Å². The van der Waals surface area contributed by atoms with Crippen LogP contribution in [0.15, 0.2) is 54.7 Å². The average Bonchev–Trinajstić information content (AvgIpc) is 2.65. The Morgan fingerprint density at radius 1 is 1.07 bits per heavy atom. The van der Waals surface area contributed by atoms with Crippen molar-refractivity contribution in [3.63, 3.8) is 0 Å². The summed E-state index contributed by atoms with van der Waals surface area (Å²) < 4.78 is 27.2. The molecular formula is C20H15Cl2F2N3O. The standard InChI is InChI=1S/C20H15Cl2F2N3O/c1-11(15-9-18(24)17(22)10-16(15)21)26-20(28)14-6-3-7-25-19(14)27-13-5-2-4-12(23)8-13/h2-11H,1H3,(H,25,27)(H,26,28). The number of nitrogens with zero attached hydrogens (tertiary/aromatic N) is 1. The summed E-state index contributed by atoms with van der Waals surface area (Å²) in [5.74, 6) is -1.24. The first-order valence-corrected chi connectivity index (χ1v) is 9.03. The van der Waals surface area contributed by atoms with Crippen LogP contribution in [-0.4, -0.2) is 10.9 Å². The van der Waals surface area contributed by atoms with Crippen molar-refractivity contribution in [1.29, 1.82) is 0 Å². The van der Waals surface area contributed by atoms with E-state index in [0.29, 0.717) is 11.3 Å². The minimum absolute atomic E-state index is 0.0962. The third kappa shape index (κ3) is 4.58. The monoisotopic (exact) mass is 421 g/mol. The van der Waals surface area contributed by atoms with E-state index in [4.69, 9.17) is 23.2 Å². The highest BCUT2D eigenvalue weighted by Crippen LogP contribution is 2.29. The number of benzene rings is 2. The van der Waals surface area contributed by atoms with Crippen molar-refractivity contribution in [1.82, 2.24) is 10.3 Å². The molecule has 2 N–H and O–H groups in total. The normalized spacial score (nSPS) is 11.8. The fourth-order valence-corrected chi connectivity index (χ4v) is 3.16. The number of halogens is 4. The molecule has 4 nitrogen and oxygen atoms in total. The maximum absolute atomic E-state index is 13.8. The summed E-state index contributed by atoms with van der Waals surface area (Å²) in [5.41, 5.74) is 1.08. The fraction of sp³-hybridized carbons (Fsp3) is 0.100. The molecule has 1 amide bonds. The summed E-state index contributed by atoms with van der Waals surface area (Å²) in [6.45, 7) is 1.67. The molecule has 1 atom stereocenters. The van der Waals surface area contributed by atoms with E-state index in [-0.39, 0.29) is 21.4 Å². The van der Waals surface area contributed by atoms with Crippen molar-refractivity contribution >= 4 is 40.6 Å². The first kappa shape index (κ1) is 20.0. The van der Waals surface area contributed by atoms with Crippen LogP contribution in [0, 0.1) is 11.6 Å². The lowest BCUT2D eigenvalue weighted by Gasteiger charge is -2.17. The van der Waals surface area contributed by atoms with Gasteiger partial charge in [0.15, 0.2) is 0 Å².